The van der Waals surface area contributed by atoms with Gasteiger partial charge in [0, 0.05) is 15.9 Å². The van der Waals surface area contributed by atoms with Crippen LogP contribution in [0.25, 0.3) is 0 Å². The highest BCUT2D eigenvalue weighted by atomic mass is 79.9. The van der Waals surface area contributed by atoms with Crippen LogP contribution in [0.1, 0.15) is 11.1 Å². The van der Waals surface area contributed by atoms with E-state index in [4.69, 9.17) is 16.3 Å². The van der Waals surface area contributed by atoms with Crippen molar-refractivity contribution < 1.29 is 9.53 Å². The van der Waals surface area contributed by atoms with Crippen LogP contribution in [-0.2, 0) is 22.4 Å². The number of carbonyl (C=O) groups excluding carboxylic acids is 1. The zero-order chi connectivity index (χ0) is 15.1. The maximum atomic E-state index is 11.8. The van der Waals surface area contributed by atoms with Crippen LogP contribution >= 0.6 is 27.5 Å². The summed E-state index contributed by atoms with van der Waals surface area (Å²) in [5, 5.41) is 0.677. The molecule has 0 heterocycles. The zero-order valence-electron chi connectivity index (χ0n) is 11.5. The molecule has 110 valence electrons. The fourth-order valence-electron chi connectivity index (χ4n) is 1.95. The first kappa shape index (κ1) is 16.2. The first-order valence-electron chi connectivity index (χ1n) is 6.72. The normalized spacial score (nSPS) is 10.6. The molecule has 0 saturated carbocycles. The Morgan fingerprint density at radius 3 is 2.57 bits per heavy atom. The average molecular weight is 368 g/mol. The van der Waals surface area contributed by atoms with E-state index in [2.05, 4.69) is 22.0 Å². The van der Waals surface area contributed by atoms with E-state index in [-0.39, 0.29) is 12.4 Å². The van der Waals surface area contributed by atoms with Crippen molar-refractivity contribution in [3.63, 3.8) is 0 Å². The lowest BCUT2D eigenvalue weighted by molar-refractivity contribution is -0.122. The van der Waals surface area contributed by atoms with Gasteiger partial charge in [0.25, 0.3) is 0 Å². The number of benzene rings is 2. The summed E-state index contributed by atoms with van der Waals surface area (Å²) in [6.07, 6.45) is 1.18. The largest absolute Gasteiger partial charge is 0.373 e. The standard InChI is InChI=1S/C17H16BrClO2/c18-15-3-1-2-13(10-15)8-9-21-12-17(20)11-14-4-6-16(19)7-5-14/h1-7,10H,8-9,11-12H2. The third-order valence-corrected chi connectivity index (χ3v) is 3.75. The second-order valence-electron chi connectivity index (χ2n) is 4.77. The first-order chi connectivity index (χ1) is 10.1. The van der Waals surface area contributed by atoms with Crippen LogP contribution in [0.4, 0.5) is 0 Å². The highest BCUT2D eigenvalue weighted by Crippen LogP contribution is 2.12. The Labute approximate surface area is 138 Å². The number of rotatable bonds is 7. The molecule has 0 spiro atoms. The summed E-state index contributed by atoms with van der Waals surface area (Å²) in [6, 6.07) is 15.4. The van der Waals surface area contributed by atoms with Gasteiger partial charge in [-0.05, 0) is 41.8 Å². The third-order valence-electron chi connectivity index (χ3n) is 3.00. The molecule has 2 aromatic carbocycles. The van der Waals surface area contributed by atoms with Crippen LogP contribution in [0.3, 0.4) is 0 Å². The quantitative estimate of drug-likeness (QED) is 0.675. The minimum atomic E-state index is 0.0755. The minimum Gasteiger partial charge on any atom is -0.373 e. The fraction of sp³-hybridized carbons (Fsp3) is 0.235. The lowest BCUT2D eigenvalue weighted by atomic mass is 10.1. The van der Waals surface area contributed by atoms with E-state index in [1.54, 1.807) is 12.1 Å². The van der Waals surface area contributed by atoms with E-state index < -0.39 is 0 Å². The van der Waals surface area contributed by atoms with E-state index in [9.17, 15) is 4.79 Å². The van der Waals surface area contributed by atoms with Gasteiger partial charge in [-0.3, -0.25) is 4.79 Å². The van der Waals surface area contributed by atoms with Crippen molar-refractivity contribution in [3.05, 3.63) is 69.2 Å². The molecule has 0 amide bonds. The van der Waals surface area contributed by atoms with E-state index in [0.29, 0.717) is 18.1 Å². The molecule has 0 aromatic heterocycles. The van der Waals surface area contributed by atoms with Crippen molar-refractivity contribution >= 4 is 33.3 Å². The zero-order valence-corrected chi connectivity index (χ0v) is 13.9. The Morgan fingerprint density at radius 1 is 1.10 bits per heavy atom. The van der Waals surface area contributed by atoms with E-state index in [0.717, 1.165) is 16.5 Å². The second-order valence-corrected chi connectivity index (χ2v) is 6.13. The first-order valence-corrected chi connectivity index (χ1v) is 7.89. The van der Waals surface area contributed by atoms with Gasteiger partial charge in [0.1, 0.15) is 6.61 Å². The molecule has 0 fully saturated rings. The number of hydrogen-bond donors (Lipinski definition) is 0. The smallest absolute Gasteiger partial charge is 0.162 e. The molecular weight excluding hydrogens is 352 g/mol. The predicted octanol–water partition coefficient (Wildman–Crippen LogP) is 4.47. The number of Topliss-reactive ketones (excluding diaryl/α,β-unsaturated/α-hetero) is 1. The summed E-state index contributed by atoms with van der Waals surface area (Å²) < 4.78 is 6.50. The summed E-state index contributed by atoms with van der Waals surface area (Å²) in [4.78, 5) is 11.8. The molecule has 0 aliphatic rings. The molecule has 2 aromatic rings. The molecule has 0 aliphatic carbocycles. The molecule has 0 radical (unpaired) electrons. The van der Waals surface area contributed by atoms with Gasteiger partial charge in [0.2, 0.25) is 0 Å². The summed E-state index contributed by atoms with van der Waals surface area (Å²) in [7, 11) is 0. The molecule has 4 heteroatoms. The van der Waals surface area contributed by atoms with Gasteiger partial charge >= 0.3 is 0 Å². The maximum absolute atomic E-state index is 11.8. The molecule has 0 atom stereocenters. The summed E-state index contributed by atoms with van der Waals surface area (Å²) in [5.41, 5.74) is 2.15. The van der Waals surface area contributed by atoms with Crippen molar-refractivity contribution in [3.8, 4) is 0 Å². The van der Waals surface area contributed by atoms with Gasteiger partial charge in [-0.1, -0.05) is 51.8 Å². The van der Waals surface area contributed by atoms with Crippen molar-refractivity contribution in [2.45, 2.75) is 12.8 Å². The van der Waals surface area contributed by atoms with Crippen molar-refractivity contribution in [1.29, 1.82) is 0 Å². The van der Waals surface area contributed by atoms with Crippen molar-refractivity contribution in [1.82, 2.24) is 0 Å². The molecule has 2 rings (SSSR count). The second kappa shape index (κ2) is 8.32. The lowest BCUT2D eigenvalue weighted by Gasteiger charge is -2.05. The Bertz CT molecular complexity index is 596. The molecule has 0 aliphatic heterocycles. The Balaban J connectivity index is 1.68. The van der Waals surface area contributed by atoms with E-state index in [1.807, 2.05) is 30.3 Å². The maximum Gasteiger partial charge on any atom is 0.162 e. The van der Waals surface area contributed by atoms with Crippen LogP contribution in [0, 0.1) is 0 Å². The van der Waals surface area contributed by atoms with Crippen LogP contribution in [0.5, 0.6) is 0 Å². The van der Waals surface area contributed by atoms with Crippen LogP contribution < -0.4 is 0 Å². The molecule has 0 N–H and O–H groups in total. The van der Waals surface area contributed by atoms with Gasteiger partial charge in [0.15, 0.2) is 5.78 Å². The number of halogens is 2. The van der Waals surface area contributed by atoms with Crippen molar-refractivity contribution in [2.75, 3.05) is 13.2 Å². The Hall–Kier alpha value is -1.16. The fourth-order valence-corrected chi connectivity index (χ4v) is 2.52. The van der Waals surface area contributed by atoms with Crippen LogP contribution in [0.2, 0.25) is 5.02 Å². The Kier molecular flexibility index (Phi) is 6.43. The number of ketones is 1. The van der Waals surface area contributed by atoms with Gasteiger partial charge < -0.3 is 4.74 Å². The van der Waals surface area contributed by atoms with Crippen molar-refractivity contribution in [2.24, 2.45) is 0 Å². The molecule has 21 heavy (non-hydrogen) atoms. The highest BCUT2D eigenvalue weighted by molar-refractivity contribution is 9.10. The molecular formula is C17H16BrClO2. The SMILES string of the molecule is O=C(COCCc1cccc(Br)c1)Cc1ccc(Cl)cc1. The number of ether oxygens (including phenoxy) is 1. The van der Waals surface area contributed by atoms with E-state index >= 15 is 0 Å². The minimum absolute atomic E-state index is 0.0755. The molecule has 0 unspecified atom stereocenters. The third kappa shape index (κ3) is 6.00. The number of hydrogen-bond acceptors (Lipinski definition) is 2. The highest BCUT2D eigenvalue weighted by Gasteiger charge is 2.04. The molecule has 0 bridgehead atoms. The molecule has 0 saturated heterocycles. The molecule has 2 nitrogen and oxygen atoms in total. The lowest BCUT2D eigenvalue weighted by Crippen LogP contribution is -2.13. The van der Waals surface area contributed by atoms with Gasteiger partial charge in [0.05, 0.1) is 6.61 Å². The monoisotopic (exact) mass is 366 g/mol. The van der Waals surface area contributed by atoms with Gasteiger partial charge in [-0.2, -0.15) is 0 Å². The topological polar surface area (TPSA) is 26.3 Å². The summed E-state index contributed by atoms with van der Waals surface area (Å²) >= 11 is 9.24. The Morgan fingerprint density at radius 2 is 1.86 bits per heavy atom. The number of carbonyl (C=O) groups is 1. The van der Waals surface area contributed by atoms with Crippen LogP contribution in [0.15, 0.2) is 53.0 Å². The summed E-state index contributed by atoms with van der Waals surface area (Å²) in [5.74, 6) is 0.0755. The predicted molar refractivity (Wildman–Crippen MR) is 88.8 cm³/mol. The van der Waals surface area contributed by atoms with Gasteiger partial charge in [-0.15, -0.1) is 0 Å². The summed E-state index contributed by atoms with van der Waals surface area (Å²) in [6.45, 7) is 0.694. The van der Waals surface area contributed by atoms with Crippen LogP contribution in [-0.4, -0.2) is 19.0 Å². The van der Waals surface area contributed by atoms with Gasteiger partial charge in [-0.25, -0.2) is 0 Å². The average Bonchev–Trinajstić information content (AvgIpc) is 2.46. The van der Waals surface area contributed by atoms with E-state index in [1.165, 1.54) is 5.56 Å².